The number of amides is 1. The first-order chi connectivity index (χ1) is 7.29. The van der Waals surface area contributed by atoms with Crippen molar-refractivity contribution in [1.29, 1.82) is 0 Å². The maximum Gasteiger partial charge on any atom is 0.223 e. The molecule has 2 spiro atoms. The molecule has 0 bridgehead atoms. The first-order valence-electron chi connectivity index (χ1n) is 6.56. The molecular weight excluding hydrogens is 186 g/mol. The Kier molecular flexibility index (Phi) is 1.38. The van der Waals surface area contributed by atoms with Crippen molar-refractivity contribution < 1.29 is 4.79 Å². The summed E-state index contributed by atoms with van der Waals surface area (Å²) in [6, 6.07) is 0. The van der Waals surface area contributed by atoms with Crippen LogP contribution in [0.4, 0.5) is 0 Å². The van der Waals surface area contributed by atoms with Gasteiger partial charge in [-0.15, -0.1) is 0 Å². The van der Waals surface area contributed by atoms with E-state index in [2.05, 4.69) is 5.32 Å². The smallest absolute Gasteiger partial charge is 0.223 e. The molecule has 1 unspecified atom stereocenters. The summed E-state index contributed by atoms with van der Waals surface area (Å²) in [5.74, 6) is 1.71. The molecule has 1 aliphatic heterocycles. The first-order valence-corrected chi connectivity index (χ1v) is 6.56. The molecule has 1 saturated heterocycles. The summed E-state index contributed by atoms with van der Waals surface area (Å²) in [4.78, 5) is 11.5. The van der Waals surface area contributed by atoms with Gasteiger partial charge in [0.25, 0.3) is 0 Å². The number of rotatable bonds is 3. The number of carbonyl (C=O) groups is 1. The van der Waals surface area contributed by atoms with Gasteiger partial charge in [-0.25, -0.2) is 0 Å². The highest BCUT2D eigenvalue weighted by atomic mass is 16.2. The van der Waals surface area contributed by atoms with E-state index in [9.17, 15) is 4.79 Å². The van der Waals surface area contributed by atoms with Crippen molar-refractivity contribution >= 4 is 5.91 Å². The van der Waals surface area contributed by atoms with Gasteiger partial charge in [0.1, 0.15) is 0 Å². The van der Waals surface area contributed by atoms with Gasteiger partial charge in [0, 0.05) is 12.5 Å². The second kappa shape index (κ2) is 2.41. The molecule has 15 heavy (non-hydrogen) atoms. The lowest BCUT2D eigenvalue weighted by Crippen LogP contribution is -2.19. The van der Waals surface area contributed by atoms with Crippen LogP contribution in [0.5, 0.6) is 0 Å². The Balaban J connectivity index is 1.37. The molecule has 4 fully saturated rings. The largest absolute Gasteiger partial charge is 0.356 e. The van der Waals surface area contributed by atoms with Crippen molar-refractivity contribution in [3.8, 4) is 0 Å². The third-order valence-corrected chi connectivity index (χ3v) is 5.79. The zero-order valence-electron chi connectivity index (χ0n) is 9.22. The second-order valence-corrected chi connectivity index (χ2v) is 6.22. The SMILES string of the molecule is O=C1NCCC1CCC1C2(CC2)C12CC2. The summed E-state index contributed by atoms with van der Waals surface area (Å²) in [6.07, 6.45) is 9.63. The third kappa shape index (κ3) is 0.938. The van der Waals surface area contributed by atoms with Crippen LogP contribution in [0.3, 0.4) is 0 Å². The summed E-state index contributed by atoms with van der Waals surface area (Å²) in [5, 5.41) is 2.95. The van der Waals surface area contributed by atoms with E-state index in [0.717, 1.165) is 29.7 Å². The lowest BCUT2D eigenvalue weighted by molar-refractivity contribution is -0.122. The maximum atomic E-state index is 11.5. The minimum atomic E-state index is 0.324. The van der Waals surface area contributed by atoms with E-state index in [1.54, 1.807) is 0 Å². The zero-order valence-corrected chi connectivity index (χ0v) is 9.22. The molecule has 0 aromatic carbocycles. The van der Waals surface area contributed by atoms with Crippen LogP contribution in [0.1, 0.15) is 44.9 Å². The molecule has 0 aromatic rings. The Morgan fingerprint density at radius 3 is 2.27 bits per heavy atom. The van der Waals surface area contributed by atoms with Crippen LogP contribution < -0.4 is 5.32 Å². The van der Waals surface area contributed by atoms with Crippen LogP contribution in [0.2, 0.25) is 0 Å². The monoisotopic (exact) mass is 205 g/mol. The second-order valence-electron chi connectivity index (χ2n) is 6.22. The minimum Gasteiger partial charge on any atom is -0.356 e. The molecule has 4 rings (SSSR count). The van der Waals surface area contributed by atoms with Crippen molar-refractivity contribution in [1.82, 2.24) is 5.32 Å². The number of fused-ring (bicyclic) bond motifs is 1. The van der Waals surface area contributed by atoms with E-state index in [0.29, 0.717) is 11.8 Å². The molecule has 0 aromatic heterocycles. The molecule has 82 valence electrons. The summed E-state index contributed by atoms with van der Waals surface area (Å²) >= 11 is 0. The molecule has 1 heterocycles. The summed E-state index contributed by atoms with van der Waals surface area (Å²) < 4.78 is 0. The van der Waals surface area contributed by atoms with Crippen molar-refractivity contribution in [3.63, 3.8) is 0 Å². The van der Waals surface area contributed by atoms with Gasteiger partial charge in [0.2, 0.25) is 5.91 Å². The van der Waals surface area contributed by atoms with Crippen LogP contribution in [-0.2, 0) is 4.79 Å². The molecule has 1 N–H and O–H groups in total. The van der Waals surface area contributed by atoms with Gasteiger partial charge in [-0.3, -0.25) is 4.79 Å². The lowest BCUT2D eigenvalue weighted by atomic mass is 9.99. The van der Waals surface area contributed by atoms with E-state index < -0.39 is 0 Å². The average molecular weight is 205 g/mol. The molecule has 1 amide bonds. The van der Waals surface area contributed by atoms with E-state index >= 15 is 0 Å². The fraction of sp³-hybridized carbons (Fsp3) is 0.923. The Labute approximate surface area is 90.8 Å². The molecule has 1 atom stereocenters. The van der Waals surface area contributed by atoms with Crippen LogP contribution in [0.25, 0.3) is 0 Å². The highest BCUT2D eigenvalue weighted by Crippen LogP contribution is 2.93. The van der Waals surface area contributed by atoms with E-state index in [1.165, 1.54) is 38.5 Å². The van der Waals surface area contributed by atoms with Crippen LogP contribution in [0.15, 0.2) is 0 Å². The van der Waals surface area contributed by atoms with Crippen LogP contribution >= 0.6 is 0 Å². The molecule has 4 aliphatic rings. The van der Waals surface area contributed by atoms with E-state index in [1.807, 2.05) is 0 Å². The fourth-order valence-electron chi connectivity index (χ4n) is 4.64. The van der Waals surface area contributed by atoms with Gasteiger partial charge < -0.3 is 5.32 Å². The van der Waals surface area contributed by atoms with E-state index in [-0.39, 0.29) is 0 Å². The fourth-order valence-corrected chi connectivity index (χ4v) is 4.64. The average Bonchev–Trinajstić information content (AvgIpc) is 3.12. The van der Waals surface area contributed by atoms with Crippen molar-refractivity contribution in [2.75, 3.05) is 6.54 Å². The summed E-state index contributed by atoms with van der Waals surface area (Å²) in [5.41, 5.74) is 1.67. The summed E-state index contributed by atoms with van der Waals surface area (Å²) in [7, 11) is 0. The number of hydrogen-bond donors (Lipinski definition) is 1. The normalized spacial score (nSPS) is 38.4. The van der Waals surface area contributed by atoms with Crippen LogP contribution in [0, 0.1) is 22.7 Å². The van der Waals surface area contributed by atoms with Crippen LogP contribution in [-0.4, -0.2) is 12.5 Å². The van der Waals surface area contributed by atoms with Gasteiger partial charge in [0.05, 0.1) is 0 Å². The minimum absolute atomic E-state index is 0.324. The van der Waals surface area contributed by atoms with E-state index in [4.69, 9.17) is 0 Å². The van der Waals surface area contributed by atoms with Gasteiger partial charge in [-0.1, -0.05) is 0 Å². The molecular formula is C13H19NO. The number of hydrogen-bond acceptors (Lipinski definition) is 1. The van der Waals surface area contributed by atoms with Gasteiger partial charge in [0.15, 0.2) is 0 Å². The quantitative estimate of drug-likeness (QED) is 0.751. The Hall–Kier alpha value is -0.530. The Morgan fingerprint density at radius 1 is 1.13 bits per heavy atom. The van der Waals surface area contributed by atoms with Gasteiger partial charge in [-0.05, 0) is 61.7 Å². The zero-order chi connectivity index (χ0) is 10.1. The maximum absolute atomic E-state index is 11.5. The summed E-state index contributed by atoms with van der Waals surface area (Å²) in [6.45, 7) is 0.921. The number of carbonyl (C=O) groups excluding carboxylic acids is 1. The third-order valence-electron chi connectivity index (χ3n) is 5.79. The van der Waals surface area contributed by atoms with Crippen molar-refractivity contribution in [2.45, 2.75) is 44.9 Å². The molecule has 3 aliphatic carbocycles. The van der Waals surface area contributed by atoms with Crippen molar-refractivity contribution in [3.05, 3.63) is 0 Å². The topological polar surface area (TPSA) is 29.1 Å². The lowest BCUT2D eigenvalue weighted by Gasteiger charge is -2.05. The molecule has 0 radical (unpaired) electrons. The predicted molar refractivity (Wildman–Crippen MR) is 57.2 cm³/mol. The molecule has 3 saturated carbocycles. The Morgan fingerprint density at radius 2 is 1.80 bits per heavy atom. The Bertz CT molecular complexity index is 309. The highest BCUT2D eigenvalue weighted by Gasteiger charge is 2.85. The standard InChI is InChI=1S/C13H19NO/c15-11-9(3-8-14-11)1-2-10-12(4-5-12)13(10)6-7-13/h9-10H,1-8H2,(H,14,15). The van der Waals surface area contributed by atoms with Gasteiger partial charge in [-0.2, -0.15) is 0 Å². The molecule has 2 heteroatoms. The van der Waals surface area contributed by atoms with Crippen molar-refractivity contribution in [2.24, 2.45) is 22.7 Å². The number of nitrogens with one attached hydrogen (secondary N) is 1. The molecule has 2 nitrogen and oxygen atoms in total. The predicted octanol–water partition coefficient (Wildman–Crippen LogP) is 2.09. The highest BCUT2D eigenvalue weighted by molar-refractivity contribution is 5.80. The van der Waals surface area contributed by atoms with Gasteiger partial charge >= 0.3 is 0 Å². The first kappa shape index (κ1) is 8.60.